The highest BCUT2D eigenvalue weighted by Crippen LogP contribution is 2.33. The topological polar surface area (TPSA) is 37.2 Å². The average Bonchev–Trinajstić information content (AvgIpc) is 3.15. The minimum Gasteiger partial charge on any atom is -0.368 e. The second-order valence-corrected chi connectivity index (χ2v) is 7.95. The number of hydrogen-bond donors (Lipinski definition) is 0. The Hall–Kier alpha value is -3.25. The number of halogens is 1. The molecule has 6 heteroatoms. The van der Waals surface area contributed by atoms with Gasteiger partial charge in [-0.15, -0.1) is 0 Å². The number of piperazine rings is 1. The van der Waals surface area contributed by atoms with E-state index in [1.807, 2.05) is 17.8 Å². The molecule has 152 valence electrons. The van der Waals surface area contributed by atoms with Gasteiger partial charge in [0.25, 0.3) is 0 Å². The molecular weight excluding hydrogens is 377 g/mol. The van der Waals surface area contributed by atoms with Crippen LogP contribution in [0, 0.1) is 5.82 Å². The zero-order valence-electron chi connectivity index (χ0n) is 17.2. The summed E-state index contributed by atoms with van der Waals surface area (Å²) < 4.78 is 15.4. The van der Waals surface area contributed by atoms with Crippen LogP contribution in [0.3, 0.4) is 0 Å². The second kappa shape index (κ2) is 7.54. The molecule has 2 aromatic carbocycles. The van der Waals surface area contributed by atoms with E-state index in [2.05, 4.69) is 46.1 Å². The zero-order valence-corrected chi connectivity index (χ0v) is 17.2. The van der Waals surface area contributed by atoms with Gasteiger partial charge in [-0.1, -0.05) is 6.07 Å². The van der Waals surface area contributed by atoms with Gasteiger partial charge in [-0.3, -0.25) is 4.98 Å². The summed E-state index contributed by atoms with van der Waals surface area (Å²) in [6.07, 6.45) is 3.78. The van der Waals surface area contributed by atoms with Gasteiger partial charge < -0.3 is 14.4 Å². The Labute approximate surface area is 175 Å². The van der Waals surface area contributed by atoms with E-state index in [9.17, 15) is 4.39 Å². The van der Waals surface area contributed by atoms with Crippen molar-refractivity contribution in [2.75, 3.05) is 38.1 Å². The molecule has 0 N–H and O–H groups in total. The number of aromatic nitrogens is 3. The lowest BCUT2D eigenvalue weighted by Crippen LogP contribution is -2.44. The minimum atomic E-state index is -0.246. The molecule has 1 aliphatic heterocycles. The van der Waals surface area contributed by atoms with Crippen LogP contribution in [0.1, 0.15) is 0 Å². The van der Waals surface area contributed by atoms with Crippen molar-refractivity contribution in [1.29, 1.82) is 0 Å². The number of anilines is 1. The normalized spacial score (nSPS) is 15.1. The Balaban J connectivity index is 1.55. The summed E-state index contributed by atoms with van der Waals surface area (Å²) in [6, 6.07) is 15.0. The van der Waals surface area contributed by atoms with Gasteiger partial charge in [-0.2, -0.15) is 0 Å². The van der Waals surface area contributed by atoms with Crippen molar-refractivity contribution < 1.29 is 4.39 Å². The van der Waals surface area contributed by atoms with Crippen LogP contribution in [0.25, 0.3) is 33.4 Å². The number of likely N-dealkylation sites (N-methyl/N-ethyl adjacent to an activating group) is 1. The Morgan fingerprint density at radius 3 is 2.33 bits per heavy atom. The lowest BCUT2D eigenvalue weighted by molar-refractivity contribution is 0.313. The predicted octanol–water partition coefficient (Wildman–Crippen LogP) is 4.19. The largest absolute Gasteiger partial charge is 0.368 e. The molecule has 2 aromatic heterocycles. The van der Waals surface area contributed by atoms with E-state index >= 15 is 0 Å². The summed E-state index contributed by atoms with van der Waals surface area (Å²) in [5, 5.41) is 1.11. The van der Waals surface area contributed by atoms with Crippen molar-refractivity contribution in [2.45, 2.75) is 0 Å². The van der Waals surface area contributed by atoms with Crippen LogP contribution in [-0.2, 0) is 7.05 Å². The third-order valence-electron chi connectivity index (χ3n) is 5.86. The molecule has 0 aliphatic carbocycles. The molecule has 0 saturated carbocycles. The van der Waals surface area contributed by atoms with Crippen LogP contribution >= 0.6 is 0 Å². The Kier molecular flexibility index (Phi) is 4.71. The number of fused-ring (bicyclic) bond motifs is 1. The Morgan fingerprint density at radius 2 is 1.57 bits per heavy atom. The quantitative estimate of drug-likeness (QED) is 0.516. The van der Waals surface area contributed by atoms with Gasteiger partial charge in [0.2, 0.25) is 0 Å². The monoisotopic (exact) mass is 401 g/mol. The Morgan fingerprint density at radius 1 is 0.833 bits per heavy atom. The molecule has 0 bridgehead atoms. The maximum Gasteiger partial charge on any atom is 0.123 e. The fourth-order valence-electron chi connectivity index (χ4n) is 4.09. The summed E-state index contributed by atoms with van der Waals surface area (Å²) in [5.74, 6) is -0.246. The van der Waals surface area contributed by atoms with E-state index in [-0.39, 0.29) is 5.82 Å². The fraction of sp³-hybridized carbons (Fsp3) is 0.250. The smallest absolute Gasteiger partial charge is 0.123 e. The molecule has 0 amide bonds. The summed E-state index contributed by atoms with van der Waals surface area (Å²) in [6.45, 7) is 4.15. The number of rotatable bonds is 3. The molecule has 5 rings (SSSR count). The highest BCUT2D eigenvalue weighted by atomic mass is 19.1. The van der Waals surface area contributed by atoms with Gasteiger partial charge in [-0.25, -0.2) is 9.37 Å². The average molecular weight is 401 g/mol. The fourth-order valence-corrected chi connectivity index (χ4v) is 4.09. The Bertz CT molecular complexity index is 1190. The zero-order chi connectivity index (χ0) is 20.7. The number of pyridine rings is 1. The molecule has 0 atom stereocenters. The van der Waals surface area contributed by atoms with E-state index in [0.717, 1.165) is 65.3 Å². The van der Waals surface area contributed by atoms with Crippen molar-refractivity contribution in [1.82, 2.24) is 19.4 Å². The molecule has 5 nitrogen and oxygen atoms in total. The number of benzene rings is 2. The molecule has 4 aromatic rings. The maximum atomic E-state index is 13.4. The molecule has 0 radical (unpaired) electrons. The lowest BCUT2D eigenvalue weighted by atomic mass is 10.0. The molecule has 30 heavy (non-hydrogen) atoms. The first-order valence-corrected chi connectivity index (χ1v) is 10.2. The number of imidazole rings is 1. The van der Waals surface area contributed by atoms with E-state index in [4.69, 9.17) is 4.98 Å². The van der Waals surface area contributed by atoms with Gasteiger partial charge in [0.05, 0.1) is 35.1 Å². The maximum absolute atomic E-state index is 13.4. The van der Waals surface area contributed by atoms with Gasteiger partial charge >= 0.3 is 0 Å². The predicted molar refractivity (Wildman–Crippen MR) is 119 cm³/mol. The van der Waals surface area contributed by atoms with Gasteiger partial charge in [0, 0.05) is 49.7 Å². The number of hydrogen-bond acceptors (Lipinski definition) is 4. The molecular formula is C24H24FN5. The van der Waals surface area contributed by atoms with Crippen molar-refractivity contribution in [3.05, 3.63) is 66.9 Å². The third-order valence-corrected chi connectivity index (χ3v) is 5.86. The summed E-state index contributed by atoms with van der Waals surface area (Å²) >= 11 is 0. The van der Waals surface area contributed by atoms with E-state index in [0.29, 0.717) is 0 Å². The molecule has 3 heterocycles. The standard InChI is InChI=1S/C24H24FN5/c1-28-9-11-30(12-10-28)21-14-19-13-18(5-8-22(19)26-15-21)24-23(27-16-29(24)2)17-3-6-20(25)7-4-17/h3-8,13-16H,9-12H2,1-2H3. The van der Waals surface area contributed by atoms with E-state index in [1.54, 1.807) is 18.5 Å². The summed E-state index contributed by atoms with van der Waals surface area (Å²) in [5.41, 5.74) is 5.96. The third kappa shape index (κ3) is 3.44. The van der Waals surface area contributed by atoms with Crippen molar-refractivity contribution >= 4 is 16.6 Å². The van der Waals surface area contributed by atoms with Gasteiger partial charge in [-0.05, 0) is 49.5 Å². The summed E-state index contributed by atoms with van der Waals surface area (Å²) in [7, 11) is 4.15. The highest BCUT2D eigenvalue weighted by Gasteiger charge is 2.17. The number of nitrogens with zero attached hydrogens (tertiary/aromatic N) is 5. The second-order valence-electron chi connectivity index (χ2n) is 7.95. The van der Waals surface area contributed by atoms with Crippen molar-refractivity contribution in [3.63, 3.8) is 0 Å². The number of aryl methyl sites for hydroxylation is 1. The molecule has 0 unspecified atom stereocenters. The van der Waals surface area contributed by atoms with Gasteiger partial charge in [0.15, 0.2) is 0 Å². The van der Waals surface area contributed by atoms with Crippen LogP contribution in [0.2, 0.25) is 0 Å². The van der Waals surface area contributed by atoms with Crippen LogP contribution in [0.4, 0.5) is 10.1 Å². The molecule has 1 fully saturated rings. The molecule has 0 spiro atoms. The SMILES string of the molecule is CN1CCN(c2cnc3ccc(-c4c(-c5ccc(F)cc5)ncn4C)cc3c2)CC1. The van der Waals surface area contributed by atoms with Crippen LogP contribution < -0.4 is 4.90 Å². The van der Waals surface area contributed by atoms with Crippen LogP contribution in [0.15, 0.2) is 61.1 Å². The van der Waals surface area contributed by atoms with Crippen LogP contribution in [0.5, 0.6) is 0 Å². The van der Waals surface area contributed by atoms with Crippen molar-refractivity contribution in [2.24, 2.45) is 7.05 Å². The first kappa shape index (κ1) is 18.8. The van der Waals surface area contributed by atoms with E-state index < -0.39 is 0 Å². The first-order valence-electron chi connectivity index (χ1n) is 10.2. The molecule has 1 saturated heterocycles. The first-order chi connectivity index (χ1) is 14.6. The van der Waals surface area contributed by atoms with Crippen LogP contribution in [-0.4, -0.2) is 52.7 Å². The lowest BCUT2D eigenvalue weighted by Gasteiger charge is -2.33. The minimum absolute atomic E-state index is 0.246. The highest BCUT2D eigenvalue weighted by molar-refractivity contribution is 5.89. The van der Waals surface area contributed by atoms with Crippen molar-refractivity contribution in [3.8, 4) is 22.5 Å². The summed E-state index contributed by atoms with van der Waals surface area (Å²) in [4.78, 5) is 14.0. The molecule has 1 aliphatic rings. The van der Waals surface area contributed by atoms with E-state index in [1.165, 1.54) is 12.1 Å². The van der Waals surface area contributed by atoms with Gasteiger partial charge in [0.1, 0.15) is 5.82 Å².